The highest BCUT2D eigenvalue weighted by molar-refractivity contribution is 6.38. The van der Waals surface area contributed by atoms with Crippen LogP contribution < -0.4 is 5.43 Å². The Morgan fingerprint density at radius 1 is 1.37 bits per heavy atom. The minimum absolute atomic E-state index is 0.0276. The number of carboxylic acid groups (broad SMARTS) is 1. The van der Waals surface area contributed by atoms with E-state index < -0.39 is 5.97 Å². The molecule has 0 saturated heterocycles. The molecule has 0 spiro atoms. The number of fused-ring (bicyclic) bond motifs is 1. The number of benzene rings is 1. The van der Waals surface area contributed by atoms with Crippen molar-refractivity contribution in [2.45, 2.75) is 6.92 Å². The van der Waals surface area contributed by atoms with Crippen LogP contribution in [-0.4, -0.2) is 11.1 Å². The highest BCUT2D eigenvalue weighted by atomic mass is 35.5. The molecule has 0 amide bonds. The second-order valence-corrected chi connectivity index (χ2v) is 4.76. The van der Waals surface area contributed by atoms with Crippen LogP contribution in [0.2, 0.25) is 10.0 Å². The van der Waals surface area contributed by atoms with Crippen LogP contribution in [0.15, 0.2) is 33.2 Å². The van der Waals surface area contributed by atoms with Gasteiger partial charge in [0.2, 0.25) is 0 Å². The predicted octanol–water partition coefficient (Wildman–Crippen LogP) is 3.59. The van der Waals surface area contributed by atoms with Gasteiger partial charge in [-0.15, -0.1) is 0 Å². The van der Waals surface area contributed by atoms with Crippen LogP contribution in [0.3, 0.4) is 0 Å². The van der Waals surface area contributed by atoms with E-state index in [9.17, 15) is 9.59 Å². The summed E-state index contributed by atoms with van der Waals surface area (Å²) in [7, 11) is 0. The van der Waals surface area contributed by atoms with Gasteiger partial charge in [0.05, 0.1) is 16.0 Å². The molecule has 0 aliphatic rings. The first-order valence-electron chi connectivity index (χ1n) is 5.22. The first-order chi connectivity index (χ1) is 8.90. The molecule has 4 nitrogen and oxygen atoms in total. The third-order valence-corrected chi connectivity index (χ3v) is 3.03. The molecule has 2 rings (SSSR count). The molecule has 1 aromatic carbocycles. The van der Waals surface area contributed by atoms with Crippen molar-refractivity contribution in [2.75, 3.05) is 0 Å². The minimum atomic E-state index is -1.11. The van der Waals surface area contributed by atoms with E-state index in [-0.39, 0.29) is 32.6 Å². The Morgan fingerprint density at radius 3 is 2.68 bits per heavy atom. The van der Waals surface area contributed by atoms with Gasteiger partial charge in [0, 0.05) is 10.6 Å². The average molecular weight is 299 g/mol. The molecule has 19 heavy (non-hydrogen) atoms. The van der Waals surface area contributed by atoms with Crippen LogP contribution in [0, 0.1) is 0 Å². The van der Waals surface area contributed by atoms with Crippen molar-refractivity contribution in [2.24, 2.45) is 0 Å². The number of hydrogen-bond donors (Lipinski definition) is 1. The molecule has 1 N–H and O–H groups in total. The smallest absolute Gasteiger partial charge is 0.331 e. The summed E-state index contributed by atoms with van der Waals surface area (Å²) in [5, 5.41) is 9.54. The predicted molar refractivity (Wildman–Crippen MR) is 73.8 cm³/mol. The molecule has 0 saturated carbocycles. The van der Waals surface area contributed by atoms with Gasteiger partial charge in [0.25, 0.3) is 0 Å². The zero-order valence-corrected chi connectivity index (χ0v) is 11.2. The SMILES string of the molecule is C/C(=C\c1coc2c(Cl)cc(Cl)cc2c1=O)C(=O)O. The molecule has 0 aliphatic carbocycles. The van der Waals surface area contributed by atoms with E-state index in [1.807, 2.05) is 0 Å². The molecule has 0 bridgehead atoms. The molecule has 0 aliphatic heterocycles. The normalized spacial score (nSPS) is 11.8. The average Bonchev–Trinajstić information content (AvgIpc) is 2.33. The fourth-order valence-electron chi connectivity index (χ4n) is 1.57. The fraction of sp³-hybridized carbons (Fsp3) is 0.0769. The molecule has 2 aromatic rings. The van der Waals surface area contributed by atoms with E-state index in [0.717, 1.165) is 0 Å². The first-order valence-corrected chi connectivity index (χ1v) is 5.98. The van der Waals surface area contributed by atoms with Gasteiger partial charge in [-0.3, -0.25) is 4.79 Å². The second-order valence-electron chi connectivity index (χ2n) is 3.92. The van der Waals surface area contributed by atoms with E-state index in [4.69, 9.17) is 32.7 Å². The third kappa shape index (κ3) is 2.64. The Kier molecular flexibility index (Phi) is 3.64. The highest BCUT2D eigenvalue weighted by Crippen LogP contribution is 2.26. The van der Waals surface area contributed by atoms with Gasteiger partial charge < -0.3 is 9.52 Å². The molecular formula is C13H8Cl2O4. The summed E-state index contributed by atoms with van der Waals surface area (Å²) < 4.78 is 5.26. The summed E-state index contributed by atoms with van der Waals surface area (Å²) in [5.41, 5.74) is -0.00190. The van der Waals surface area contributed by atoms with Gasteiger partial charge in [-0.1, -0.05) is 23.2 Å². The van der Waals surface area contributed by atoms with Crippen LogP contribution in [0.1, 0.15) is 12.5 Å². The summed E-state index contributed by atoms with van der Waals surface area (Å²) in [6.07, 6.45) is 2.42. The lowest BCUT2D eigenvalue weighted by Gasteiger charge is -2.02. The van der Waals surface area contributed by atoms with Gasteiger partial charge in [0.1, 0.15) is 6.26 Å². The third-order valence-electron chi connectivity index (χ3n) is 2.53. The van der Waals surface area contributed by atoms with E-state index in [1.165, 1.54) is 31.4 Å². The van der Waals surface area contributed by atoms with Gasteiger partial charge in [-0.25, -0.2) is 4.79 Å². The van der Waals surface area contributed by atoms with Crippen LogP contribution in [0.5, 0.6) is 0 Å². The van der Waals surface area contributed by atoms with Crippen molar-refractivity contribution in [1.29, 1.82) is 0 Å². The van der Waals surface area contributed by atoms with Crippen LogP contribution in [-0.2, 0) is 4.79 Å². The van der Waals surface area contributed by atoms with Gasteiger partial charge in [-0.05, 0) is 25.1 Å². The summed E-state index contributed by atoms with van der Waals surface area (Å²) in [4.78, 5) is 22.9. The van der Waals surface area contributed by atoms with Crippen LogP contribution in [0.25, 0.3) is 17.0 Å². The van der Waals surface area contributed by atoms with E-state index in [0.29, 0.717) is 5.02 Å². The Balaban J connectivity index is 2.75. The summed E-state index contributed by atoms with van der Waals surface area (Å²) >= 11 is 11.7. The van der Waals surface area contributed by atoms with E-state index >= 15 is 0 Å². The van der Waals surface area contributed by atoms with Crippen molar-refractivity contribution >= 4 is 46.2 Å². The van der Waals surface area contributed by atoms with Crippen molar-refractivity contribution in [3.8, 4) is 0 Å². The lowest BCUT2D eigenvalue weighted by atomic mass is 10.1. The van der Waals surface area contributed by atoms with Crippen molar-refractivity contribution in [3.05, 3.63) is 49.8 Å². The first kappa shape index (κ1) is 13.6. The monoisotopic (exact) mass is 298 g/mol. The molecule has 98 valence electrons. The topological polar surface area (TPSA) is 67.5 Å². The largest absolute Gasteiger partial charge is 0.478 e. The fourth-order valence-corrected chi connectivity index (χ4v) is 2.11. The maximum Gasteiger partial charge on any atom is 0.331 e. The molecule has 6 heteroatoms. The Hall–Kier alpha value is -1.78. The Morgan fingerprint density at radius 2 is 2.05 bits per heavy atom. The van der Waals surface area contributed by atoms with Gasteiger partial charge >= 0.3 is 5.97 Å². The van der Waals surface area contributed by atoms with Gasteiger partial charge in [0.15, 0.2) is 11.0 Å². The maximum absolute atomic E-state index is 12.2. The Bertz CT molecular complexity index is 759. The molecule has 1 aromatic heterocycles. The number of aliphatic carboxylic acids is 1. The molecule has 0 radical (unpaired) electrons. The van der Waals surface area contributed by atoms with Gasteiger partial charge in [-0.2, -0.15) is 0 Å². The zero-order chi connectivity index (χ0) is 14.2. The number of carbonyl (C=O) groups is 1. The van der Waals surface area contributed by atoms with Crippen molar-refractivity contribution < 1.29 is 14.3 Å². The van der Waals surface area contributed by atoms with E-state index in [1.54, 1.807) is 0 Å². The van der Waals surface area contributed by atoms with Crippen molar-refractivity contribution in [1.82, 2.24) is 0 Å². The molecular weight excluding hydrogens is 291 g/mol. The van der Waals surface area contributed by atoms with Crippen LogP contribution in [0.4, 0.5) is 0 Å². The number of halogens is 2. The maximum atomic E-state index is 12.2. The Labute approximate surface area is 117 Å². The highest BCUT2D eigenvalue weighted by Gasteiger charge is 2.11. The standard InChI is InChI=1S/C13H8Cl2O4/c1-6(13(17)18)2-7-5-19-12-9(11(7)16)3-8(14)4-10(12)15/h2-5H,1H3,(H,17,18)/b6-2+. The van der Waals surface area contributed by atoms with Crippen molar-refractivity contribution in [3.63, 3.8) is 0 Å². The molecule has 0 atom stereocenters. The summed E-state index contributed by atoms with van der Waals surface area (Å²) in [6.45, 7) is 1.39. The quantitative estimate of drug-likeness (QED) is 0.860. The lowest BCUT2D eigenvalue weighted by molar-refractivity contribution is -0.132. The number of rotatable bonds is 2. The number of carboxylic acids is 1. The zero-order valence-electron chi connectivity index (χ0n) is 9.74. The molecule has 0 fully saturated rings. The summed E-state index contributed by atoms with van der Waals surface area (Å²) in [5.74, 6) is -1.11. The molecule has 1 heterocycles. The lowest BCUT2D eigenvalue weighted by Crippen LogP contribution is -2.06. The van der Waals surface area contributed by atoms with Crippen LogP contribution >= 0.6 is 23.2 Å². The molecule has 0 unspecified atom stereocenters. The summed E-state index contributed by atoms with van der Waals surface area (Å²) in [6, 6.07) is 2.90. The minimum Gasteiger partial charge on any atom is -0.478 e. The van der Waals surface area contributed by atoms with E-state index in [2.05, 4.69) is 0 Å². The second kappa shape index (κ2) is 5.07. The number of hydrogen-bond acceptors (Lipinski definition) is 3.